The molecule has 0 aliphatic heterocycles. The summed E-state index contributed by atoms with van der Waals surface area (Å²) >= 11 is 0. The molecule has 1 amide bonds. The number of aromatic nitrogens is 1. The minimum absolute atomic E-state index is 0.0172. The van der Waals surface area contributed by atoms with Crippen molar-refractivity contribution in [3.05, 3.63) is 48.3 Å². The number of hydrogen-bond donors (Lipinski definition) is 2. The van der Waals surface area contributed by atoms with Gasteiger partial charge >= 0.3 is 0 Å². The third kappa shape index (κ3) is 2.62. The Labute approximate surface area is 112 Å². The largest absolute Gasteiger partial charge is 0.401 e. The normalized spacial score (nSPS) is 12.3. The topological polar surface area (TPSA) is 62.1 Å². The van der Waals surface area contributed by atoms with Gasteiger partial charge < -0.3 is 15.6 Å². The Morgan fingerprint density at radius 1 is 1.47 bits per heavy atom. The van der Waals surface area contributed by atoms with Crippen LogP contribution >= 0.6 is 0 Å². The van der Waals surface area contributed by atoms with Crippen LogP contribution in [0.1, 0.15) is 12.5 Å². The molecular formula is C15H19N3O. The summed E-state index contributed by atoms with van der Waals surface area (Å²) in [6.45, 7) is 5.33. The third-order valence-corrected chi connectivity index (χ3v) is 3.48. The van der Waals surface area contributed by atoms with Crippen LogP contribution in [0.4, 0.5) is 0 Å². The average Bonchev–Trinajstić information content (AvgIpc) is 2.78. The molecule has 0 bridgehead atoms. The van der Waals surface area contributed by atoms with Gasteiger partial charge in [0.1, 0.15) is 0 Å². The molecule has 0 unspecified atom stereocenters. The van der Waals surface area contributed by atoms with Gasteiger partial charge in [0.2, 0.25) is 5.91 Å². The molecule has 0 fully saturated rings. The van der Waals surface area contributed by atoms with E-state index in [2.05, 4.69) is 17.6 Å². The van der Waals surface area contributed by atoms with E-state index in [1.54, 1.807) is 11.9 Å². The quantitative estimate of drug-likeness (QED) is 0.880. The Morgan fingerprint density at radius 2 is 2.16 bits per heavy atom. The number of nitrogens with two attached hydrogens (primary N) is 1. The van der Waals surface area contributed by atoms with Crippen LogP contribution in [-0.2, 0) is 11.2 Å². The standard InChI is InChI=1S/C15H19N3O/c1-10(16)15(18(3)11(2)19)8-12-9-17-14-7-5-4-6-13(12)14/h4-7,9,15,17H,1,8,16H2,2-3H3/t15-/m1/s1. The summed E-state index contributed by atoms with van der Waals surface area (Å²) in [6.07, 6.45) is 2.63. The van der Waals surface area contributed by atoms with E-state index in [0.717, 1.165) is 16.5 Å². The van der Waals surface area contributed by atoms with Crippen molar-refractivity contribution in [2.24, 2.45) is 5.73 Å². The summed E-state index contributed by atoms with van der Waals surface area (Å²) in [4.78, 5) is 16.4. The zero-order chi connectivity index (χ0) is 14.0. The molecule has 0 radical (unpaired) electrons. The Hall–Kier alpha value is -2.23. The number of likely N-dealkylation sites (N-methyl/N-ethyl adjacent to an activating group) is 1. The van der Waals surface area contributed by atoms with Crippen molar-refractivity contribution in [2.45, 2.75) is 19.4 Å². The van der Waals surface area contributed by atoms with Crippen LogP contribution < -0.4 is 5.73 Å². The van der Waals surface area contributed by atoms with Gasteiger partial charge in [0.05, 0.1) is 6.04 Å². The van der Waals surface area contributed by atoms with Crippen molar-refractivity contribution >= 4 is 16.8 Å². The molecule has 1 aromatic heterocycles. The van der Waals surface area contributed by atoms with E-state index in [-0.39, 0.29) is 11.9 Å². The van der Waals surface area contributed by atoms with Crippen molar-refractivity contribution in [3.8, 4) is 0 Å². The lowest BCUT2D eigenvalue weighted by Crippen LogP contribution is -2.40. The number of amides is 1. The summed E-state index contributed by atoms with van der Waals surface area (Å²) in [5.74, 6) is -0.0172. The number of fused-ring (bicyclic) bond motifs is 1. The summed E-state index contributed by atoms with van der Waals surface area (Å²) < 4.78 is 0. The van der Waals surface area contributed by atoms with Gasteiger partial charge in [-0.15, -0.1) is 0 Å². The highest BCUT2D eigenvalue weighted by atomic mass is 16.2. The highest BCUT2D eigenvalue weighted by molar-refractivity contribution is 5.83. The molecule has 1 aromatic carbocycles. The predicted octanol–water partition coefficient (Wildman–Crippen LogP) is 2.03. The molecule has 100 valence electrons. The van der Waals surface area contributed by atoms with E-state index in [4.69, 9.17) is 5.73 Å². The molecule has 0 spiro atoms. The van der Waals surface area contributed by atoms with Crippen LogP contribution in [0.25, 0.3) is 10.9 Å². The van der Waals surface area contributed by atoms with Gasteiger partial charge in [-0.1, -0.05) is 24.8 Å². The van der Waals surface area contributed by atoms with Gasteiger partial charge in [-0.25, -0.2) is 0 Å². The zero-order valence-electron chi connectivity index (χ0n) is 11.3. The first-order valence-electron chi connectivity index (χ1n) is 6.23. The van der Waals surface area contributed by atoms with Gasteiger partial charge in [0.15, 0.2) is 0 Å². The summed E-state index contributed by atoms with van der Waals surface area (Å²) in [5.41, 5.74) is 8.57. The van der Waals surface area contributed by atoms with Gasteiger partial charge in [-0.05, 0) is 11.6 Å². The molecule has 2 rings (SSSR count). The molecule has 3 N–H and O–H groups in total. The van der Waals surface area contributed by atoms with Gasteiger partial charge in [0.25, 0.3) is 0 Å². The minimum Gasteiger partial charge on any atom is -0.401 e. The van der Waals surface area contributed by atoms with Gasteiger partial charge in [-0.2, -0.15) is 0 Å². The molecule has 0 saturated heterocycles. The lowest BCUT2D eigenvalue weighted by molar-refractivity contribution is -0.128. The Kier molecular flexibility index (Phi) is 3.60. The van der Waals surface area contributed by atoms with E-state index in [0.29, 0.717) is 12.1 Å². The molecule has 4 nitrogen and oxygen atoms in total. The maximum Gasteiger partial charge on any atom is 0.219 e. The second-order valence-corrected chi connectivity index (χ2v) is 4.78. The van der Waals surface area contributed by atoms with E-state index in [1.807, 2.05) is 24.4 Å². The van der Waals surface area contributed by atoms with Gasteiger partial charge in [-0.3, -0.25) is 4.79 Å². The number of benzene rings is 1. The van der Waals surface area contributed by atoms with Crippen LogP contribution in [0.5, 0.6) is 0 Å². The molecule has 19 heavy (non-hydrogen) atoms. The zero-order valence-corrected chi connectivity index (χ0v) is 11.3. The van der Waals surface area contributed by atoms with Crippen molar-refractivity contribution in [1.29, 1.82) is 0 Å². The highest BCUT2D eigenvalue weighted by Gasteiger charge is 2.20. The van der Waals surface area contributed by atoms with E-state index in [1.165, 1.54) is 6.92 Å². The van der Waals surface area contributed by atoms with Crippen LogP contribution in [0.2, 0.25) is 0 Å². The number of aromatic amines is 1. The van der Waals surface area contributed by atoms with Crippen LogP contribution in [-0.4, -0.2) is 28.9 Å². The molecular weight excluding hydrogens is 238 g/mol. The lowest BCUT2D eigenvalue weighted by atomic mass is 10.0. The molecule has 0 saturated carbocycles. The number of hydrogen-bond acceptors (Lipinski definition) is 2. The highest BCUT2D eigenvalue weighted by Crippen LogP contribution is 2.21. The number of para-hydroxylation sites is 1. The first-order valence-corrected chi connectivity index (χ1v) is 6.23. The van der Waals surface area contributed by atoms with Crippen molar-refractivity contribution in [3.63, 3.8) is 0 Å². The molecule has 0 aliphatic carbocycles. The first-order chi connectivity index (χ1) is 9.00. The van der Waals surface area contributed by atoms with Crippen LogP contribution in [0, 0.1) is 0 Å². The fraction of sp³-hybridized carbons (Fsp3) is 0.267. The second-order valence-electron chi connectivity index (χ2n) is 4.78. The monoisotopic (exact) mass is 257 g/mol. The van der Waals surface area contributed by atoms with E-state index in [9.17, 15) is 4.79 Å². The van der Waals surface area contributed by atoms with Crippen LogP contribution in [0.15, 0.2) is 42.7 Å². The summed E-state index contributed by atoms with van der Waals surface area (Å²) in [6, 6.07) is 7.90. The van der Waals surface area contributed by atoms with E-state index >= 15 is 0 Å². The Balaban J connectivity index is 2.31. The van der Waals surface area contributed by atoms with Crippen molar-refractivity contribution in [2.75, 3.05) is 7.05 Å². The fourth-order valence-electron chi connectivity index (χ4n) is 2.25. The van der Waals surface area contributed by atoms with Crippen LogP contribution in [0.3, 0.4) is 0 Å². The second kappa shape index (κ2) is 5.18. The smallest absolute Gasteiger partial charge is 0.219 e. The molecule has 1 heterocycles. The van der Waals surface area contributed by atoms with Crippen molar-refractivity contribution < 1.29 is 4.79 Å². The molecule has 2 aromatic rings. The molecule has 4 heteroatoms. The number of carbonyl (C=O) groups excluding carboxylic acids is 1. The SMILES string of the molecule is C=C(N)[C@@H](Cc1c[nH]c2ccccc12)N(C)C(C)=O. The first kappa shape index (κ1) is 13.2. The minimum atomic E-state index is -0.184. The number of H-pyrrole nitrogens is 1. The average molecular weight is 257 g/mol. The molecule has 0 aliphatic rings. The van der Waals surface area contributed by atoms with Gasteiger partial charge in [0, 0.05) is 43.2 Å². The summed E-state index contributed by atoms with van der Waals surface area (Å²) in [7, 11) is 1.75. The lowest BCUT2D eigenvalue weighted by Gasteiger charge is -2.27. The number of carbonyl (C=O) groups is 1. The maximum absolute atomic E-state index is 11.5. The number of nitrogens with zero attached hydrogens (tertiary/aromatic N) is 1. The van der Waals surface area contributed by atoms with E-state index < -0.39 is 0 Å². The summed E-state index contributed by atoms with van der Waals surface area (Å²) in [5, 5.41) is 1.16. The Bertz CT molecular complexity index is 615. The van der Waals surface area contributed by atoms with Crippen molar-refractivity contribution in [1.82, 2.24) is 9.88 Å². The number of nitrogens with one attached hydrogen (secondary N) is 1. The molecule has 1 atom stereocenters. The fourth-order valence-corrected chi connectivity index (χ4v) is 2.25. The third-order valence-electron chi connectivity index (χ3n) is 3.48. The predicted molar refractivity (Wildman–Crippen MR) is 77.6 cm³/mol. The maximum atomic E-state index is 11.5. The Morgan fingerprint density at radius 3 is 2.79 bits per heavy atom. The number of rotatable bonds is 4.